The molecule has 3 aromatic heterocycles. The van der Waals surface area contributed by atoms with Crippen molar-refractivity contribution in [1.29, 1.82) is 0 Å². The third kappa shape index (κ3) is 3.71. The lowest BCUT2D eigenvalue weighted by Crippen LogP contribution is -2.47. The lowest BCUT2D eigenvalue weighted by atomic mass is 9.93. The number of carbonyl (C=O) groups excluding carboxylic acids is 1. The average molecular weight is 447 g/mol. The van der Waals surface area contributed by atoms with Gasteiger partial charge in [0, 0.05) is 36.1 Å². The number of carbonyl (C=O) groups is 1. The third-order valence-corrected chi connectivity index (χ3v) is 6.47. The quantitative estimate of drug-likeness (QED) is 0.624. The van der Waals surface area contributed by atoms with Crippen LogP contribution in [0.4, 0.5) is 14.6 Å². The summed E-state index contributed by atoms with van der Waals surface area (Å²) in [6.07, 6.45) is 5.41. The van der Waals surface area contributed by atoms with E-state index in [4.69, 9.17) is 16.6 Å². The Morgan fingerprint density at radius 2 is 2.23 bits per heavy atom. The van der Waals surface area contributed by atoms with E-state index in [9.17, 15) is 13.6 Å². The van der Waals surface area contributed by atoms with Gasteiger partial charge in [0.2, 0.25) is 5.91 Å². The van der Waals surface area contributed by atoms with Crippen LogP contribution in [0.3, 0.4) is 0 Å². The van der Waals surface area contributed by atoms with Gasteiger partial charge in [-0.25, -0.2) is 23.7 Å². The summed E-state index contributed by atoms with van der Waals surface area (Å²) in [5.74, 6) is 1.24. The highest BCUT2D eigenvalue weighted by Gasteiger charge is 2.48. The molecule has 1 unspecified atom stereocenters. The number of alkyl halides is 2. The standard InChI is InChI=1S/C21H21ClF2N6O/c22-12-6-14-15(8-27-19(14)26-7-12)20-25-5-4-17(29-20)30-10-11-2-1-3-13(11)18(30)21(31)28-9-16(23)24/h4-8,11,13,16,18H,1-3,9-10H2,(H,26,27)(H,28,31)/t11?,13-,18-/m1/s1. The summed E-state index contributed by atoms with van der Waals surface area (Å²) in [4.78, 5) is 31.3. The first kappa shape index (κ1) is 20.1. The molecule has 5 rings (SSSR count). The molecule has 1 aliphatic carbocycles. The lowest BCUT2D eigenvalue weighted by molar-refractivity contribution is -0.123. The van der Waals surface area contributed by atoms with E-state index in [0.717, 1.165) is 30.2 Å². The predicted octanol–water partition coefficient (Wildman–Crippen LogP) is 3.66. The zero-order valence-corrected chi connectivity index (χ0v) is 17.3. The van der Waals surface area contributed by atoms with Crippen LogP contribution in [-0.2, 0) is 4.79 Å². The maximum Gasteiger partial charge on any atom is 0.255 e. The fourth-order valence-corrected chi connectivity index (χ4v) is 5.12. The van der Waals surface area contributed by atoms with Crippen molar-refractivity contribution in [3.05, 3.63) is 35.7 Å². The van der Waals surface area contributed by atoms with Crippen molar-refractivity contribution in [2.24, 2.45) is 11.8 Å². The second-order valence-corrected chi connectivity index (χ2v) is 8.52. The Balaban J connectivity index is 1.49. The van der Waals surface area contributed by atoms with E-state index in [2.05, 4.69) is 20.3 Å². The Labute approximate surface area is 182 Å². The van der Waals surface area contributed by atoms with E-state index in [1.165, 1.54) is 0 Å². The molecule has 7 nitrogen and oxygen atoms in total. The Bertz CT molecular complexity index is 1120. The number of rotatable bonds is 5. The van der Waals surface area contributed by atoms with Gasteiger partial charge in [-0.3, -0.25) is 4.79 Å². The SMILES string of the molecule is O=C(NCC(F)F)[C@H]1[C@@H]2CCCC2CN1c1ccnc(-c2c[nH]c3ncc(Cl)cc23)n1. The van der Waals surface area contributed by atoms with E-state index in [1.54, 1.807) is 30.7 Å². The van der Waals surface area contributed by atoms with Crippen LogP contribution in [0.25, 0.3) is 22.4 Å². The number of aromatic nitrogens is 4. The van der Waals surface area contributed by atoms with Crippen molar-refractivity contribution in [2.75, 3.05) is 18.0 Å². The van der Waals surface area contributed by atoms with Gasteiger partial charge in [-0.05, 0) is 36.8 Å². The van der Waals surface area contributed by atoms with Crippen LogP contribution in [0.15, 0.2) is 30.7 Å². The highest BCUT2D eigenvalue weighted by atomic mass is 35.5. The minimum absolute atomic E-state index is 0.146. The van der Waals surface area contributed by atoms with Gasteiger partial charge in [-0.15, -0.1) is 0 Å². The molecule has 31 heavy (non-hydrogen) atoms. The molecule has 2 fully saturated rings. The number of H-pyrrole nitrogens is 1. The maximum absolute atomic E-state index is 12.8. The number of fused-ring (bicyclic) bond motifs is 2. The minimum atomic E-state index is -2.58. The van der Waals surface area contributed by atoms with Gasteiger partial charge in [0.05, 0.1) is 11.6 Å². The minimum Gasteiger partial charge on any atom is -0.349 e. The van der Waals surface area contributed by atoms with E-state index in [0.29, 0.717) is 34.8 Å². The van der Waals surface area contributed by atoms with Crippen LogP contribution in [-0.4, -0.2) is 51.4 Å². The molecule has 1 amide bonds. The highest BCUT2D eigenvalue weighted by molar-refractivity contribution is 6.31. The summed E-state index contributed by atoms with van der Waals surface area (Å²) in [7, 11) is 0. The normalized spacial score (nSPS) is 23.0. The summed E-state index contributed by atoms with van der Waals surface area (Å²) in [5, 5.41) is 3.71. The summed E-state index contributed by atoms with van der Waals surface area (Å²) < 4.78 is 25.3. The number of amides is 1. The molecule has 3 atom stereocenters. The number of pyridine rings is 1. The monoisotopic (exact) mass is 446 g/mol. The fraction of sp³-hybridized carbons (Fsp3) is 0.429. The summed E-state index contributed by atoms with van der Waals surface area (Å²) in [6, 6.07) is 3.05. The molecule has 3 aromatic rings. The average Bonchev–Trinajstić information content (AvgIpc) is 3.46. The van der Waals surface area contributed by atoms with Gasteiger partial charge < -0.3 is 15.2 Å². The van der Waals surface area contributed by atoms with Gasteiger partial charge in [0.15, 0.2) is 5.82 Å². The molecule has 0 aromatic carbocycles. The maximum atomic E-state index is 12.8. The van der Waals surface area contributed by atoms with Crippen molar-refractivity contribution in [3.63, 3.8) is 0 Å². The second-order valence-electron chi connectivity index (χ2n) is 8.08. The predicted molar refractivity (Wildman–Crippen MR) is 113 cm³/mol. The molecule has 1 saturated heterocycles. The molecule has 2 N–H and O–H groups in total. The summed E-state index contributed by atoms with van der Waals surface area (Å²) in [6.45, 7) is 0.0356. The van der Waals surface area contributed by atoms with Crippen molar-refractivity contribution < 1.29 is 13.6 Å². The van der Waals surface area contributed by atoms with Crippen molar-refractivity contribution in [3.8, 4) is 11.4 Å². The first-order chi connectivity index (χ1) is 15.0. The van der Waals surface area contributed by atoms with E-state index < -0.39 is 19.0 Å². The Morgan fingerprint density at radius 3 is 3.06 bits per heavy atom. The zero-order chi connectivity index (χ0) is 21.5. The molecule has 0 bridgehead atoms. The summed E-state index contributed by atoms with van der Waals surface area (Å²) >= 11 is 6.11. The number of hydrogen-bond donors (Lipinski definition) is 2. The lowest BCUT2D eigenvalue weighted by Gasteiger charge is -2.28. The molecule has 4 heterocycles. The number of aromatic amines is 1. The molecule has 1 saturated carbocycles. The topological polar surface area (TPSA) is 86.8 Å². The molecule has 10 heteroatoms. The first-order valence-corrected chi connectivity index (χ1v) is 10.7. The molecule has 0 spiro atoms. The number of nitrogens with zero attached hydrogens (tertiary/aromatic N) is 4. The molecule has 2 aliphatic rings. The molecule has 0 radical (unpaired) electrons. The van der Waals surface area contributed by atoms with Crippen molar-refractivity contribution in [1.82, 2.24) is 25.3 Å². The smallest absolute Gasteiger partial charge is 0.255 e. The van der Waals surface area contributed by atoms with Crippen LogP contribution in [0, 0.1) is 11.8 Å². The van der Waals surface area contributed by atoms with E-state index in [1.807, 2.05) is 4.90 Å². The number of halogens is 3. The largest absolute Gasteiger partial charge is 0.349 e. The van der Waals surface area contributed by atoms with Crippen molar-refractivity contribution >= 4 is 34.4 Å². The summed E-state index contributed by atoms with van der Waals surface area (Å²) in [5.41, 5.74) is 1.43. The van der Waals surface area contributed by atoms with Crippen LogP contribution >= 0.6 is 11.6 Å². The number of nitrogens with one attached hydrogen (secondary N) is 2. The Morgan fingerprint density at radius 1 is 1.35 bits per heavy atom. The molecule has 1 aliphatic heterocycles. The molecular weight excluding hydrogens is 426 g/mol. The van der Waals surface area contributed by atoms with Gasteiger partial charge >= 0.3 is 0 Å². The fourth-order valence-electron chi connectivity index (χ4n) is 4.96. The van der Waals surface area contributed by atoms with Gasteiger partial charge in [-0.1, -0.05) is 18.0 Å². The van der Waals surface area contributed by atoms with Gasteiger partial charge in [0.25, 0.3) is 6.43 Å². The second kappa shape index (κ2) is 8.03. The Kier molecular flexibility index (Phi) is 5.21. The van der Waals surface area contributed by atoms with Crippen LogP contribution in [0.2, 0.25) is 5.02 Å². The zero-order valence-electron chi connectivity index (χ0n) is 16.6. The van der Waals surface area contributed by atoms with Crippen molar-refractivity contribution in [2.45, 2.75) is 31.7 Å². The molecule has 162 valence electrons. The van der Waals surface area contributed by atoms with Crippen LogP contribution in [0.5, 0.6) is 0 Å². The van der Waals surface area contributed by atoms with E-state index in [-0.39, 0.29) is 11.8 Å². The van der Waals surface area contributed by atoms with Crippen LogP contribution < -0.4 is 10.2 Å². The van der Waals surface area contributed by atoms with Crippen LogP contribution in [0.1, 0.15) is 19.3 Å². The molecular formula is C21H21ClF2N6O. The Hall–Kier alpha value is -2.81. The third-order valence-electron chi connectivity index (χ3n) is 6.26. The van der Waals surface area contributed by atoms with Gasteiger partial charge in [0.1, 0.15) is 17.5 Å². The first-order valence-electron chi connectivity index (χ1n) is 10.3. The van der Waals surface area contributed by atoms with Gasteiger partial charge in [-0.2, -0.15) is 0 Å². The van der Waals surface area contributed by atoms with E-state index >= 15 is 0 Å². The number of hydrogen-bond acceptors (Lipinski definition) is 5. The highest BCUT2D eigenvalue weighted by Crippen LogP contribution is 2.44. The number of anilines is 1.